The van der Waals surface area contributed by atoms with E-state index in [0.717, 1.165) is 17.9 Å². The Morgan fingerprint density at radius 2 is 1.78 bits per heavy atom. The third-order valence-electron chi connectivity index (χ3n) is 6.54. The van der Waals surface area contributed by atoms with E-state index in [-0.39, 0.29) is 41.5 Å². The number of nitro groups is 1. The van der Waals surface area contributed by atoms with E-state index >= 15 is 0 Å². The van der Waals surface area contributed by atoms with Crippen molar-refractivity contribution in [2.75, 3.05) is 19.6 Å². The number of hydrogen-bond donors (Lipinski definition) is 1. The SMILES string of the molecule is CC(CN1C2CCC1CN(S(=O)(=O)c1ccc([N+](=O)[O-])cc1)C2)N(Oc1ccc(C#N)cc1)C(=O)O. The number of piperazine rings is 1. The Labute approximate surface area is 208 Å². The lowest BCUT2D eigenvalue weighted by molar-refractivity contribution is -0.384. The number of carbonyl (C=O) groups is 1. The van der Waals surface area contributed by atoms with Crippen LogP contribution in [-0.2, 0) is 10.0 Å². The van der Waals surface area contributed by atoms with Gasteiger partial charge in [-0.25, -0.2) is 13.2 Å². The van der Waals surface area contributed by atoms with E-state index in [1.807, 2.05) is 6.07 Å². The zero-order valence-electron chi connectivity index (χ0n) is 19.4. The fourth-order valence-corrected chi connectivity index (χ4v) is 6.25. The Hall–Kier alpha value is -3.73. The van der Waals surface area contributed by atoms with E-state index in [9.17, 15) is 28.4 Å². The Bertz CT molecular complexity index is 1260. The number of hydroxylamine groups is 2. The summed E-state index contributed by atoms with van der Waals surface area (Å²) in [5, 5.41) is 30.4. The van der Waals surface area contributed by atoms with Crippen LogP contribution in [0.15, 0.2) is 53.4 Å². The largest absolute Gasteiger partial charge is 0.463 e. The van der Waals surface area contributed by atoms with Crippen molar-refractivity contribution in [1.29, 1.82) is 5.26 Å². The van der Waals surface area contributed by atoms with E-state index in [1.54, 1.807) is 6.92 Å². The predicted octanol–water partition coefficient (Wildman–Crippen LogP) is 2.67. The number of rotatable bonds is 8. The number of nitrogens with zero attached hydrogens (tertiary/aromatic N) is 5. The minimum Gasteiger partial charge on any atom is -0.463 e. The quantitative estimate of drug-likeness (QED) is 0.412. The lowest BCUT2D eigenvalue weighted by Crippen LogP contribution is -2.58. The Balaban J connectivity index is 1.43. The average molecular weight is 516 g/mol. The molecule has 2 aromatic rings. The Morgan fingerprint density at radius 3 is 2.28 bits per heavy atom. The maximum Gasteiger partial charge on any atom is 0.441 e. The summed E-state index contributed by atoms with van der Waals surface area (Å²) in [5.74, 6) is 0.283. The topological polar surface area (TPSA) is 157 Å². The van der Waals surface area contributed by atoms with E-state index in [2.05, 4.69) is 4.90 Å². The van der Waals surface area contributed by atoms with Crippen molar-refractivity contribution in [3.8, 4) is 11.8 Å². The van der Waals surface area contributed by atoms with Crippen molar-refractivity contribution in [1.82, 2.24) is 14.3 Å². The fraction of sp³-hybridized carbons (Fsp3) is 0.391. The van der Waals surface area contributed by atoms with Crippen molar-refractivity contribution in [3.63, 3.8) is 0 Å². The summed E-state index contributed by atoms with van der Waals surface area (Å²) in [5.41, 5.74) is 0.245. The average Bonchev–Trinajstić information content (AvgIpc) is 3.08. The molecule has 2 saturated heterocycles. The van der Waals surface area contributed by atoms with Gasteiger partial charge in [0, 0.05) is 43.9 Å². The summed E-state index contributed by atoms with van der Waals surface area (Å²) >= 11 is 0. The van der Waals surface area contributed by atoms with E-state index in [1.165, 1.54) is 52.8 Å². The number of sulfonamides is 1. The third kappa shape index (κ3) is 5.11. The van der Waals surface area contributed by atoms with Gasteiger partial charge in [-0.05, 0) is 56.2 Å². The monoisotopic (exact) mass is 515 g/mol. The molecule has 1 amide bonds. The number of fused-ring (bicyclic) bond motifs is 2. The second-order valence-corrected chi connectivity index (χ2v) is 10.8. The number of non-ortho nitro benzene ring substituents is 1. The molecule has 0 spiro atoms. The van der Waals surface area contributed by atoms with Gasteiger partial charge in [-0.1, -0.05) is 0 Å². The van der Waals surface area contributed by atoms with Gasteiger partial charge in [0.1, 0.15) is 0 Å². The maximum atomic E-state index is 13.2. The highest BCUT2D eigenvalue weighted by atomic mass is 32.2. The normalized spacial score (nSPS) is 20.9. The van der Waals surface area contributed by atoms with E-state index < -0.39 is 27.1 Å². The predicted molar refractivity (Wildman–Crippen MR) is 126 cm³/mol. The van der Waals surface area contributed by atoms with Gasteiger partial charge in [0.15, 0.2) is 5.75 Å². The molecule has 190 valence electrons. The van der Waals surface area contributed by atoms with E-state index in [4.69, 9.17) is 10.1 Å². The second-order valence-electron chi connectivity index (χ2n) is 8.84. The van der Waals surface area contributed by atoms with Crippen molar-refractivity contribution in [2.24, 2.45) is 0 Å². The molecule has 12 nitrogen and oxygen atoms in total. The lowest BCUT2D eigenvalue weighted by Gasteiger charge is -2.42. The summed E-state index contributed by atoms with van der Waals surface area (Å²) in [6.45, 7) is 2.55. The molecule has 13 heteroatoms. The minimum absolute atomic E-state index is 0.00202. The maximum absolute atomic E-state index is 13.2. The first kappa shape index (κ1) is 25.4. The van der Waals surface area contributed by atoms with Gasteiger partial charge < -0.3 is 9.94 Å². The molecular weight excluding hydrogens is 490 g/mol. The first-order chi connectivity index (χ1) is 17.1. The third-order valence-corrected chi connectivity index (χ3v) is 8.38. The summed E-state index contributed by atoms with van der Waals surface area (Å²) < 4.78 is 27.8. The first-order valence-electron chi connectivity index (χ1n) is 11.3. The highest BCUT2D eigenvalue weighted by molar-refractivity contribution is 7.89. The Kier molecular flexibility index (Phi) is 7.11. The molecule has 2 aromatic carbocycles. The minimum atomic E-state index is -3.83. The molecule has 1 N–H and O–H groups in total. The second kappa shape index (κ2) is 10.1. The Morgan fingerprint density at radius 1 is 1.19 bits per heavy atom. The molecule has 2 aliphatic rings. The van der Waals surface area contributed by atoms with Crippen LogP contribution < -0.4 is 4.84 Å². The number of carboxylic acid groups (broad SMARTS) is 1. The van der Waals surface area contributed by atoms with Crippen LogP contribution in [0.2, 0.25) is 0 Å². The van der Waals surface area contributed by atoms with Crippen LogP contribution in [0.3, 0.4) is 0 Å². The summed E-state index contributed by atoms with van der Waals surface area (Å²) in [7, 11) is -3.83. The van der Waals surface area contributed by atoms with Crippen LogP contribution in [0.5, 0.6) is 5.75 Å². The number of amides is 1. The van der Waals surface area contributed by atoms with Crippen LogP contribution >= 0.6 is 0 Å². The van der Waals surface area contributed by atoms with Gasteiger partial charge in [-0.15, -0.1) is 5.06 Å². The molecule has 36 heavy (non-hydrogen) atoms. The first-order valence-corrected chi connectivity index (χ1v) is 12.7. The van der Waals surface area contributed by atoms with Crippen LogP contribution in [0.4, 0.5) is 10.5 Å². The van der Waals surface area contributed by atoms with Gasteiger partial charge in [0.05, 0.1) is 27.5 Å². The highest BCUT2D eigenvalue weighted by Gasteiger charge is 2.45. The van der Waals surface area contributed by atoms with Crippen molar-refractivity contribution >= 4 is 21.8 Å². The standard InChI is InChI=1S/C23H25N5O7S/c1-16(27(23(29)30)35-21-8-2-17(12-24)3-9-21)13-26-19-4-5-20(26)15-25(14-19)36(33,34)22-10-6-18(7-11-22)28(31)32/h2-3,6-11,16,19-20H,4-5,13-15H2,1H3,(H,29,30). The van der Waals surface area contributed by atoms with Crippen molar-refractivity contribution in [2.45, 2.75) is 42.8 Å². The van der Waals surface area contributed by atoms with Crippen LogP contribution in [0.1, 0.15) is 25.3 Å². The molecule has 3 atom stereocenters. The van der Waals surface area contributed by atoms with Crippen LogP contribution in [0, 0.1) is 21.4 Å². The van der Waals surface area contributed by atoms with Gasteiger partial charge >= 0.3 is 6.09 Å². The van der Waals surface area contributed by atoms with Crippen molar-refractivity contribution < 1.29 is 28.1 Å². The zero-order valence-corrected chi connectivity index (χ0v) is 20.2. The molecular formula is C23H25N5O7S. The molecule has 0 saturated carbocycles. The molecule has 0 radical (unpaired) electrons. The lowest BCUT2D eigenvalue weighted by atomic mass is 10.2. The molecule has 3 unspecified atom stereocenters. The number of nitro benzene ring substituents is 1. The van der Waals surface area contributed by atoms with Crippen LogP contribution in [-0.4, -0.2) is 76.6 Å². The molecule has 2 aliphatic heterocycles. The molecule has 2 bridgehead atoms. The van der Waals surface area contributed by atoms with Gasteiger partial charge in [-0.2, -0.15) is 9.57 Å². The smallest absolute Gasteiger partial charge is 0.441 e. The van der Waals surface area contributed by atoms with Crippen LogP contribution in [0.25, 0.3) is 0 Å². The molecule has 0 aliphatic carbocycles. The number of benzene rings is 2. The van der Waals surface area contributed by atoms with Crippen molar-refractivity contribution in [3.05, 3.63) is 64.2 Å². The summed E-state index contributed by atoms with van der Waals surface area (Å²) in [4.78, 5) is 29.9. The summed E-state index contributed by atoms with van der Waals surface area (Å²) in [6, 6.07) is 12.2. The summed E-state index contributed by atoms with van der Waals surface area (Å²) in [6.07, 6.45) is 0.277. The molecule has 2 heterocycles. The van der Waals surface area contributed by atoms with Gasteiger partial charge in [-0.3, -0.25) is 15.0 Å². The van der Waals surface area contributed by atoms with Gasteiger partial charge in [0.2, 0.25) is 10.0 Å². The van der Waals surface area contributed by atoms with E-state index in [0.29, 0.717) is 12.1 Å². The number of hydrogen-bond acceptors (Lipinski definition) is 8. The zero-order chi connectivity index (χ0) is 26.0. The highest BCUT2D eigenvalue weighted by Crippen LogP contribution is 2.33. The number of nitriles is 1. The van der Waals surface area contributed by atoms with Gasteiger partial charge in [0.25, 0.3) is 5.69 Å². The molecule has 0 aromatic heterocycles. The fourth-order valence-electron chi connectivity index (χ4n) is 4.74. The molecule has 2 fully saturated rings. The molecule has 4 rings (SSSR count).